The number of nitrogens with zero attached hydrogens (tertiary/aromatic N) is 1. The van der Waals surface area contributed by atoms with Gasteiger partial charge in [-0.15, -0.1) is 0 Å². The van der Waals surface area contributed by atoms with E-state index in [-0.39, 0.29) is 17.1 Å². The molecule has 5 nitrogen and oxygen atoms in total. The Labute approximate surface area is 209 Å². The first-order valence-corrected chi connectivity index (χ1v) is 13.0. The number of hydrogen-bond acceptors (Lipinski definition) is 4. The predicted molar refractivity (Wildman–Crippen MR) is 142 cm³/mol. The molecule has 1 aliphatic heterocycles. The van der Waals surface area contributed by atoms with Gasteiger partial charge in [-0.2, -0.15) is 0 Å². The van der Waals surface area contributed by atoms with Crippen molar-refractivity contribution in [3.63, 3.8) is 0 Å². The Kier molecular flexibility index (Phi) is 7.63. The lowest BCUT2D eigenvalue weighted by molar-refractivity contribution is -0.125. The number of fused-ring (bicyclic) bond motifs is 2. The van der Waals surface area contributed by atoms with Gasteiger partial charge in [0.1, 0.15) is 11.5 Å². The summed E-state index contributed by atoms with van der Waals surface area (Å²) in [6, 6.07) is 15.4. The summed E-state index contributed by atoms with van der Waals surface area (Å²) in [5.41, 5.74) is 3.23. The lowest BCUT2D eigenvalue weighted by Crippen LogP contribution is -2.43. The topological polar surface area (TPSA) is 58.6 Å². The third kappa shape index (κ3) is 5.44. The zero-order chi connectivity index (χ0) is 25.0. The molecule has 35 heavy (non-hydrogen) atoms. The molecule has 0 saturated heterocycles. The van der Waals surface area contributed by atoms with E-state index in [1.165, 1.54) is 0 Å². The van der Waals surface area contributed by atoms with E-state index < -0.39 is 12.0 Å². The molecule has 0 bridgehead atoms. The van der Waals surface area contributed by atoms with Gasteiger partial charge in [0.05, 0.1) is 29.9 Å². The predicted octanol–water partition coefficient (Wildman–Crippen LogP) is 7.05. The van der Waals surface area contributed by atoms with Gasteiger partial charge in [0.2, 0.25) is 5.91 Å². The van der Waals surface area contributed by atoms with Crippen molar-refractivity contribution < 1.29 is 14.3 Å². The molecule has 0 radical (unpaired) electrons. The van der Waals surface area contributed by atoms with Crippen LogP contribution in [0.1, 0.15) is 77.8 Å². The lowest BCUT2D eigenvalue weighted by atomic mass is 9.72. The number of rotatable bonds is 8. The lowest BCUT2D eigenvalue weighted by Gasteiger charge is -2.39. The standard InChI is InChI=1S/C30H38N2O3/c1-5-7-8-16-27(34)32-25-15-10-9-14-23(25)31-24-19-30(3,4)20-26(33)28(24)29(32)21-12-11-13-22(18-21)35-17-6-2/h9-15,18-19,28-29,31H,5-8,16-17,20H2,1-4H3/t28-,29-/m1/s1. The summed E-state index contributed by atoms with van der Waals surface area (Å²) in [6.07, 6.45) is 6.89. The van der Waals surface area contributed by atoms with Crippen LogP contribution < -0.4 is 15.0 Å². The Bertz CT molecular complexity index is 1100. The van der Waals surface area contributed by atoms with Crippen molar-refractivity contribution in [1.82, 2.24) is 0 Å². The van der Waals surface area contributed by atoms with Gasteiger partial charge in [-0.1, -0.05) is 70.9 Å². The fraction of sp³-hybridized carbons (Fsp3) is 0.467. The average molecular weight is 475 g/mol. The van der Waals surface area contributed by atoms with E-state index in [9.17, 15) is 9.59 Å². The number of anilines is 2. The fourth-order valence-electron chi connectivity index (χ4n) is 5.28. The Balaban J connectivity index is 1.89. The van der Waals surface area contributed by atoms with Crippen LogP contribution >= 0.6 is 0 Å². The highest BCUT2D eigenvalue weighted by Gasteiger charge is 2.46. The molecule has 0 fully saturated rings. The average Bonchev–Trinajstić information content (AvgIpc) is 2.96. The van der Waals surface area contributed by atoms with Crippen molar-refractivity contribution in [1.29, 1.82) is 0 Å². The van der Waals surface area contributed by atoms with Crippen molar-refractivity contribution in [3.05, 3.63) is 65.9 Å². The highest BCUT2D eigenvalue weighted by Crippen LogP contribution is 2.49. The number of ether oxygens (including phenoxy) is 1. The van der Waals surface area contributed by atoms with Gasteiger partial charge in [-0.25, -0.2) is 0 Å². The fourth-order valence-corrected chi connectivity index (χ4v) is 5.28. The van der Waals surface area contributed by atoms with Gasteiger partial charge in [0, 0.05) is 18.5 Å². The first kappa shape index (κ1) is 25.0. The number of carbonyl (C=O) groups excluding carboxylic acids is 2. The second kappa shape index (κ2) is 10.7. The second-order valence-electron chi connectivity index (χ2n) is 10.4. The highest BCUT2D eigenvalue weighted by molar-refractivity contribution is 6.01. The molecule has 2 aromatic rings. The van der Waals surface area contributed by atoms with Crippen molar-refractivity contribution in [2.45, 2.75) is 72.3 Å². The van der Waals surface area contributed by atoms with E-state index in [1.807, 2.05) is 53.4 Å². The van der Waals surface area contributed by atoms with Crippen LogP contribution in [0.2, 0.25) is 0 Å². The van der Waals surface area contributed by atoms with Crippen LogP contribution in [-0.2, 0) is 9.59 Å². The van der Waals surface area contributed by atoms with Gasteiger partial charge in [0.15, 0.2) is 0 Å². The minimum Gasteiger partial charge on any atom is -0.494 e. The number of allylic oxidation sites excluding steroid dienone is 1. The Hall–Kier alpha value is -3.08. The van der Waals surface area contributed by atoms with E-state index in [0.717, 1.165) is 54.1 Å². The molecule has 2 aromatic carbocycles. The van der Waals surface area contributed by atoms with E-state index in [2.05, 4.69) is 39.1 Å². The van der Waals surface area contributed by atoms with Crippen LogP contribution in [0, 0.1) is 11.3 Å². The number of Topliss-reactive ketones (excluding diaryl/α,β-unsaturated/α-hetero) is 1. The highest BCUT2D eigenvalue weighted by atomic mass is 16.5. The van der Waals surface area contributed by atoms with Gasteiger partial charge in [-0.05, 0) is 48.1 Å². The molecule has 1 N–H and O–H groups in total. The van der Waals surface area contributed by atoms with Crippen molar-refractivity contribution >= 4 is 23.1 Å². The minimum atomic E-state index is -0.466. The third-order valence-electron chi connectivity index (χ3n) is 6.83. The van der Waals surface area contributed by atoms with Crippen LogP contribution in [0.3, 0.4) is 0 Å². The first-order chi connectivity index (χ1) is 16.8. The molecular formula is C30H38N2O3. The van der Waals surface area contributed by atoms with E-state index >= 15 is 0 Å². The first-order valence-electron chi connectivity index (χ1n) is 13.0. The molecule has 1 amide bonds. The quantitative estimate of drug-likeness (QED) is 0.416. The molecule has 0 aromatic heterocycles. The smallest absolute Gasteiger partial charge is 0.227 e. The third-order valence-corrected chi connectivity index (χ3v) is 6.83. The molecule has 5 heteroatoms. The molecule has 1 aliphatic carbocycles. The molecule has 1 heterocycles. The molecule has 0 unspecified atom stereocenters. The molecule has 0 spiro atoms. The van der Waals surface area contributed by atoms with Crippen LogP contribution in [-0.4, -0.2) is 18.3 Å². The van der Waals surface area contributed by atoms with Gasteiger partial charge in [-0.3, -0.25) is 9.59 Å². The summed E-state index contributed by atoms with van der Waals surface area (Å²) in [4.78, 5) is 29.5. The molecular weight excluding hydrogens is 436 g/mol. The maximum Gasteiger partial charge on any atom is 0.227 e. The van der Waals surface area contributed by atoms with Crippen molar-refractivity contribution in [2.24, 2.45) is 11.3 Å². The van der Waals surface area contributed by atoms with Crippen molar-refractivity contribution in [2.75, 3.05) is 16.8 Å². The summed E-state index contributed by atoms with van der Waals surface area (Å²) in [5, 5.41) is 3.56. The van der Waals surface area contributed by atoms with Gasteiger partial charge in [0.25, 0.3) is 0 Å². The van der Waals surface area contributed by atoms with Crippen LogP contribution in [0.25, 0.3) is 0 Å². The number of unbranched alkanes of at least 4 members (excludes halogenated alkanes) is 2. The monoisotopic (exact) mass is 474 g/mol. The van der Waals surface area contributed by atoms with E-state index in [0.29, 0.717) is 19.4 Å². The minimum absolute atomic E-state index is 0.0523. The summed E-state index contributed by atoms with van der Waals surface area (Å²) in [5.74, 6) is 0.509. The van der Waals surface area contributed by atoms with Gasteiger partial charge < -0.3 is 15.0 Å². The molecule has 2 aliphatic rings. The summed E-state index contributed by atoms with van der Waals surface area (Å²) in [6.45, 7) is 9.02. The molecule has 186 valence electrons. The Morgan fingerprint density at radius 3 is 2.66 bits per heavy atom. The zero-order valence-corrected chi connectivity index (χ0v) is 21.5. The molecule has 2 atom stereocenters. The van der Waals surface area contributed by atoms with E-state index in [4.69, 9.17) is 4.74 Å². The number of nitrogens with one attached hydrogen (secondary N) is 1. The number of amides is 1. The van der Waals surface area contributed by atoms with Crippen LogP contribution in [0.4, 0.5) is 11.4 Å². The largest absolute Gasteiger partial charge is 0.494 e. The van der Waals surface area contributed by atoms with E-state index in [1.54, 1.807) is 0 Å². The number of benzene rings is 2. The second-order valence-corrected chi connectivity index (χ2v) is 10.4. The van der Waals surface area contributed by atoms with Crippen LogP contribution in [0.5, 0.6) is 5.75 Å². The maximum absolute atomic E-state index is 13.9. The Morgan fingerprint density at radius 2 is 1.89 bits per heavy atom. The number of carbonyl (C=O) groups is 2. The summed E-state index contributed by atoms with van der Waals surface area (Å²) in [7, 11) is 0. The van der Waals surface area contributed by atoms with Crippen molar-refractivity contribution in [3.8, 4) is 5.75 Å². The maximum atomic E-state index is 13.9. The number of para-hydroxylation sites is 2. The van der Waals surface area contributed by atoms with Crippen LogP contribution in [0.15, 0.2) is 60.3 Å². The normalized spacial score (nSPS) is 20.7. The zero-order valence-electron chi connectivity index (χ0n) is 21.5. The SMILES string of the molecule is CCCCCC(=O)N1c2ccccc2NC2=CC(C)(C)CC(=O)[C@@H]2[C@H]1c1cccc(OCCC)c1. The van der Waals surface area contributed by atoms with Gasteiger partial charge >= 0.3 is 0 Å². The number of ketones is 1. The Morgan fingerprint density at radius 1 is 1.09 bits per heavy atom. The molecule has 0 saturated carbocycles. The number of hydrogen-bond donors (Lipinski definition) is 1. The molecule has 4 rings (SSSR count). The summed E-state index contributed by atoms with van der Waals surface area (Å²) >= 11 is 0. The summed E-state index contributed by atoms with van der Waals surface area (Å²) < 4.78 is 5.94.